The summed E-state index contributed by atoms with van der Waals surface area (Å²) in [6.07, 6.45) is -0.285. The molecule has 8 heteroatoms. The first-order valence-corrected chi connectivity index (χ1v) is 9.40. The standard InChI is InChI=1S/C13H16ClNO4S2/c1-8-13(20-7-15(8)6-12(16)17)9-3-4-10(14)11(5-9)21(2,18)19/h3-5,12,16-17H,6-7H2,1-2H3. The minimum atomic E-state index is -3.39. The van der Waals surface area contributed by atoms with Crippen LogP contribution in [0.2, 0.25) is 5.02 Å². The molecule has 0 amide bonds. The molecule has 1 aliphatic heterocycles. The summed E-state index contributed by atoms with van der Waals surface area (Å²) in [5, 5.41) is 18.3. The van der Waals surface area contributed by atoms with Gasteiger partial charge in [0.2, 0.25) is 0 Å². The predicted molar refractivity (Wildman–Crippen MR) is 84.5 cm³/mol. The number of nitrogens with zero attached hydrogens (tertiary/aromatic N) is 1. The van der Waals surface area contributed by atoms with E-state index in [9.17, 15) is 8.42 Å². The zero-order valence-corrected chi connectivity index (χ0v) is 14.0. The lowest BCUT2D eigenvalue weighted by Gasteiger charge is -2.19. The molecule has 0 spiro atoms. The second-order valence-corrected chi connectivity index (χ2v) is 8.15. The highest BCUT2D eigenvalue weighted by Crippen LogP contribution is 2.40. The van der Waals surface area contributed by atoms with E-state index >= 15 is 0 Å². The van der Waals surface area contributed by atoms with E-state index in [1.54, 1.807) is 18.2 Å². The molecule has 0 aliphatic carbocycles. The number of sulfone groups is 1. The van der Waals surface area contributed by atoms with Gasteiger partial charge in [0.25, 0.3) is 0 Å². The highest BCUT2D eigenvalue weighted by atomic mass is 35.5. The second-order valence-electron chi connectivity index (χ2n) is 4.81. The van der Waals surface area contributed by atoms with Gasteiger partial charge in [0, 0.05) is 16.9 Å². The minimum absolute atomic E-state index is 0.100. The van der Waals surface area contributed by atoms with Crippen molar-refractivity contribution in [3.8, 4) is 0 Å². The Morgan fingerprint density at radius 1 is 1.43 bits per heavy atom. The van der Waals surface area contributed by atoms with E-state index in [1.165, 1.54) is 11.8 Å². The summed E-state index contributed by atoms with van der Waals surface area (Å²) in [6.45, 7) is 1.99. The molecule has 0 saturated heterocycles. The molecule has 0 saturated carbocycles. The quantitative estimate of drug-likeness (QED) is 0.806. The van der Waals surface area contributed by atoms with Gasteiger partial charge >= 0.3 is 0 Å². The Morgan fingerprint density at radius 3 is 2.67 bits per heavy atom. The number of β-amino-alcohol motifs (C(OH)–C–C–N with tert-alkyl or cyclic N) is 2. The number of aliphatic hydroxyl groups is 2. The van der Waals surface area contributed by atoms with Crippen LogP contribution in [0.4, 0.5) is 0 Å². The summed E-state index contributed by atoms with van der Waals surface area (Å²) >= 11 is 7.47. The summed E-state index contributed by atoms with van der Waals surface area (Å²) in [5.74, 6) is 0.593. The molecule has 116 valence electrons. The summed E-state index contributed by atoms with van der Waals surface area (Å²) in [6, 6.07) is 4.89. The van der Waals surface area contributed by atoms with Crippen LogP contribution < -0.4 is 0 Å². The molecule has 0 atom stereocenters. The molecule has 0 radical (unpaired) electrons. The first-order valence-electron chi connectivity index (χ1n) is 6.15. The van der Waals surface area contributed by atoms with Crippen molar-refractivity contribution in [2.24, 2.45) is 0 Å². The zero-order valence-electron chi connectivity index (χ0n) is 11.6. The maximum absolute atomic E-state index is 11.7. The van der Waals surface area contributed by atoms with E-state index in [4.69, 9.17) is 21.8 Å². The van der Waals surface area contributed by atoms with Crippen molar-refractivity contribution in [3.05, 3.63) is 34.5 Å². The van der Waals surface area contributed by atoms with Crippen molar-refractivity contribution in [1.82, 2.24) is 4.90 Å². The maximum Gasteiger partial charge on any atom is 0.177 e. The second kappa shape index (κ2) is 6.18. The van der Waals surface area contributed by atoms with E-state index in [1.807, 2.05) is 11.8 Å². The van der Waals surface area contributed by atoms with E-state index in [0.29, 0.717) is 5.88 Å². The molecule has 1 aromatic rings. The molecule has 0 fully saturated rings. The van der Waals surface area contributed by atoms with Crippen molar-refractivity contribution in [3.63, 3.8) is 0 Å². The monoisotopic (exact) mass is 349 g/mol. The van der Waals surface area contributed by atoms with Gasteiger partial charge in [-0.15, -0.1) is 11.8 Å². The molecular formula is C13H16ClNO4S2. The van der Waals surface area contributed by atoms with Gasteiger partial charge < -0.3 is 15.1 Å². The number of benzene rings is 1. The summed E-state index contributed by atoms with van der Waals surface area (Å²) in [4.78, 5) is 2.85. The van der Waals surface area contributed by atoms with Gasteiger partial charge in [-0.1, -0.05) is 17.7 Å². The van der Waals surface area contributed by atoms with Crippen molar-refractivity contribution >= 4 is 38.1 Å². The average Bonchev–Trinajstić information content (AvgIpc) is 2.70. The van der Waals surface area contributed by atoms with Gasteiger partial charge in [-0.25, -0.2) is 8.42 Å². The van der Waals surface area contributed by atoms with Crippen LogP contribution >= 0.6 is 23.4 Å². The van der Waals surface area contributed by atoms with Crippen molar-refractivity contribution in [1.29, 1.82) is 0 Å². The molecule has 1 heterocycles. The van der Waals surface area contributed by atoms with Crippen LogP contribution in [-0.4, -0.2) is 48.5 Å². The van der Waals surface area contributed by atoms with Gasteiger partial charge in [-0.2, -0.15) is 0 Å². The van der Waals surface area contributed by atoms with Crippen LogP contribution in [0.15, 0.2) is 28.8 Å². The Hall–Kier alpha value is -0.730. The number of hydrogen-bond acceptors (Lipinski definition) is 6. The van der Waals surface area contributed by atoms with E-state index in [2.05, 4.69) is 0 Å². The summed E-state index contributed by atoms with van der Waals surface area (Å²) in [5.41, 5.74) is 1.65. The van der Waals surface area contributed by atoms with Crippen LogP contribution in [0.25, 0.3) is 4.91 Å². The van der Waals surface area contributed by atoms with Crippen molar-refractivity contribution in [2.75, 3.05) is 18.7 Å². The Balaban J connectivity index is 2.42. The summed E-state index contributed by atoms with van der Waals surface area (Å²) < 4.78 is 23.5. The Labute approximate surface area is 133 Å². The molecule has 1 aliphatic rings. The number of hydrogen-bond donors (Lipinski definition) is 2. The smallest absolute Gasteiger partial charge is 0.177 e. The van der Waals surface area contributed by atoms with Gasteiger partial charge in [-0.05, 0) is 24.6 Å². The Morgan fingerprint density at radius 2 is 2.10 bits per heavy atom. The first-order chi connectivity index (χ1) is 9.70. The van der Waals surface area contributed by atoms with Gasteiger partial charge in [-0.3, -0.25) is 0 Å². The maximum atomic E-state index is 11.7. The van der Waals surface area contributed by atoms with Crippen LogP contribution in [0.3, 0.4) is 0 Å². The van der Waals surface area contributed by atoms with Crippen molar-refractivity contribution in [2.45, 2.75) is 18.1 Å². The SMILES string of the molecule is CC1=C(c2ccc(Cl)c(S(C)(=O)=O)c2)SCN1CC(O)O. The molecular weight excluding hydrogens is 334 g/mol. The van der Waals surface area contributed by atoms with Crippen molar-refractivity contribution < 1.29 is 18.6 Å². The number of allylic oxidation sites excluding steroid dienone is 1. The molecule has 2 N–H and O–H groups in total. The Bertz CT molecular complexity index is 685. The van der Waals surface area contributed by atoms with E-state index < -0.39 is 16.1 Å². The largest absolute Gasteiger partial charge is 0.367 e. The number of halogens is 1. The van der Waals surface area contributed by atoms with Crippen LogP contribution in [0, 0.1) is 0 Å². The fraction of sp³-hybridized carbons (Fsp3) is 0.385. The molecule has 21 heavy (non-hydrogen) atoms. The van der Waals surface area contributed by atoms with E-state index in [-0.39, 0.29) is 16.5 Å². The zero-order chi connectivity index (χ0) is 15.8. The molecule has 5 nitrogen and oxygen atoms in total. The van der Waals surface area contributed by atoms with Gasteiger partial charge in [0.1, 0.15) is 0 Å². The Kier molecular flexibility index (Phi) is 4.89. The first kappa shape index (κ1) is 16.6. The molecule has 2 rings (SSSR count). The van der Waals surface area contributed by atoms with Gasteiger partial charge in [0.05, 0.1) is 22.3 Å². The number of aliphatic hydroxyl groups excluding tert-OH is 1. The topological polar surface area (TPSA) is 77.8 Å². The fourth-order valence-corrected chi connectivity index (χ4v) is 4.61. The number of rotatable bonds is 4. The lowest BCUT2D eigenvalue weighted by Crippen LogP contribution is -2.28. The molecule has 0 bridgehead atoms. The minimum Gasteiger partial charge on any atom is -0.367 e. The van der Waals surface area contributed by atoms with Crippen LogP contribution in [0.5, 0.6) is 0 Å². The average molecular weight is 350 g/mol. The lowest BCUT2D eigenvalue weighted by molar-refractivity contribution is -0.0530. The highest BCUT2D eigenvalue weighted by molar-refractivity contribution is 8.08. The third-order valence-electron chi connectivity index (χ3n) is 3.14. The molecule has 0 aromatic heterocycles. The van der Waals surface area contributed by atoms with Crippen LogP contribution in [0.1, 0.15) is 12.5 Å². The third kappa shape index (κ3) is 3.73. The molecule has 1 aromatic carbocycles. The third-order valence-corrected chi connectivity index (χ3v) is 5.98. The fourth-order valence-electron chi connectivity index (χ4n) is 2.10. The highest BCUT2D eigenvalue weighted by Gasteiger charge is 2.23. The van der Waals surface area contributed by atoms with Gasteiger partial charge in [0.15, 0.2) is 16.1 Å². The van der Waals surface area contributed by atoms with E-state index in [0.717, 1.165) is 22.4 Å². The molecule has 0 unspecified atom stereocenters. The predicted octanol–water partition coefficient (Wildman–Crippen LogP) is 1.75. The lowest BCUT2D eigenvalue weighted by atomic mass is 10.2. The number of thioether (sulfide) groups is 1. The normalized spacial score (nSPS) is 16.2. The van der Waals surface area contributed by atoms with Crippen LogP contribution in [-0.2, 0) is 9.84 Å². The summed E-state index contributed by atoms with van der Waals surface area (Å²) in [7, 11) is -3.39.